The molecule has 0 unspecified atom stereocenters. The van der Waals surface area contributed by atoms with Crippen LogP contribution in [0.3, 0.4) is 0 Å². The summed E-state index contributed by atoms with van der Waals surface area (Å²) in [6, 6.07) is 7.92. The largest absolute Gasteiger partial charge is 0.378 e. The fourth-order valence-electron chi connectivity index (χ4n) is 0.948. The van der Waals surface area contributed by atoms with Crippen molar-refractivity contribution in [1.29, 1.82) is 0 Å². The molecule has 1 heteroatoms. The van der Waals surface area contributed by atoms with E-state index in [1.807, 2.05) is 31.2 Å². The molecular formula is C12H14O. The van der Waals surface area contributed by atoms with Crippen LogP contribution in [0.2, 0.25) is 0 Å². The maximum Gasteiger partial charge on any atom is 0.120 e. The van der Waals surface area contributed by atoms with Gasteiger partial charge in [0, 0.05) is 5.56 Å². The zero-order valence-corrected chi connectivity index (χ0v) is 8.26. The van der Waals surface area contributed by atoms with Gasteiger partial charge in [-0.1, -0.05) is 24.0 Å². The molecule has 1 N–H and O–H groups in total. The van der Waals surface area contributed by atoms with E-state index in [-0.39, 0.29) is 0 Å². The van der Waals surface area contributed by atoms with Crippen LogP contribution < -0.4 is 0 Å². The molecule has 0 spiro atoms. The minimum Gasteiger partial charge on any atom is -0.378 e. The van der Waals surface area contributed by atoms with E-state index in [1.165, 1.54) is 5.56 Å². The second kappa shape index (κ2) is 3.64. The van der Waals surface area contributed by atoms with Crippen LogP contribution in [0.4, 0.5) is 0 Å². The highest BCUT2D eigenvalue weighted by Gasteiger charge is 2.05. The number of hydrogen-bond acceptors (Lipinski definition) is 1. The molecule has 0 aliphatic rings. The molecule has 13 heavy (non-hydrogen) atoms. The van der Waals surface area contributed by atoms with Gasteiger partial charge in [0.25, 0.3) is 0 Å². The molecule has 1 aromatic rings. The van der Waals surface area contributed by atoms with Crippen LogP contribution in [0.25, 0.3) is 0 Å². The first kappa shape index (κ1) is 9.83. The van der Waals surface area contributed by atoms with Crippen molar-refractivity contribution in [3.05, 3.63) is 35.4 Å². The monoisotopic (exact) mass is 174 g/mol. The predicted octanol–water partition coefficient (Wildman–Crippen LogP) is 2.12. The molecule has 68 valence electrons. The van der Waals surface area contributed by atoms with Gasteiger partial charge < -0.3 is 5.11 Å². The zero-order chi connectivity index (χ0) is 9.90. The predicted molar refractivity (Wildman–Crippen MR) is 54.4 cm³/mol. The molecular weight excluding hydrogens is 160 g/mol. The highest BCUT2D eigenvalue weighted by atomic mass is 16.3. The quantitative estimate of drug-likeness (QED) is 0.597. The zero-order valence-electron chi connectivity index (χ0n) is 8.26. The minimum atomic E-state index is -0.913. The van der Waals surface area contributed by atoms with Gasteiger partial charge in [-0.3, -0.25) is 0 Å². The average Bonchev–Trinajstić information content (AvgIpc) is 2.00. The molecule has 0 aliphatic carbocycles. The summed E-state index contributed by atoms with van der Waals surface area (Å²) in [6.07, 6.45) is 0. The maximum absolute atomic E-state index is 9.37. The van der Waals surface area contributed by atoms with Crippen molar-refractivity contribution >= 4 is 0 Å². The second-order valence-electron chi connectivity index (χ2n) is 3.68. The van der Waals surface area contributed by atoms with Crippen molar-refractivity contribution in [2.75, 3.05) is 0 Å². The van der Waals surface area contributed by atoms with Crippen LogP contribution in [-0.2, 0) is 0 Å². The Morgan fingerprint density at radius 1 is 1.31 bits per heavy atom. The summed E-state index contributed by atoms with van der Waals surface area (Å²) in [7, 11) is 0. The Morgan fingerprint density at radius 3 is 2.54 bits per heavy atom. The van der Waals surface area contributed by atoms with Crippen LogP contribution >= 0.6 is 0 Å². The van der Waals surface area contributed by atoms with E-state index in [0.29, 0.717) is 0 Å². The van der Waals surface area contributed by atoms with Crippen molar-refractivity contribution in [1.82, 2.24) is 0 Å². The molecule has 0 saturated heterocycles. The Hall–Kier alpha value is -1.26. The van der Waals surface area contributed by atoms with Crippen LogP contribution in [-0.4, -0.2) is 10.7 Å². The highest BCUT2D eigenvalue weighted by Crippen LogP contribution is 2.03. The fourth-order valence-corrected chi connectivity index (χ4v) is 0.948. The Bertz CT molecular complexity index is 347. The van der Waals surface area contributed by atoms with E-state index < -0.39 is 5.60 Å². The summed E-state index contributed by atoms with van der Waals surface area (Å²) in [4.78, 5) is 0. The Labute approximate surface area is 79.4 Å². The molecule has 0 atom stereocenters. The molecule has 0 saturated carbocycles. The third kappa shape index (κ3) is 3.78. The van der Waals surface area contributed by atoms with E-state index in [9.17, 15) is 5.11 Å². The van der Waals surface area contributed by atoms with Gasteiger partial charge in [0.05, 0.1) is 0 Å². The molecule has 1 nitrogen and oxygen atoms in total. The SMILES string of the molecule is Cc1cccc(C#CC(C)(C)O)c1. The first-order valence-corrected chi connectivity index (χ1v) is 4.29. The minimum absolute atomic E-state index is 0.913. The maximum atomic E-state index is 9.37. The average molecular weight is 174 g/mol. The lowest BCUT2D eigenvalue weighted by molar-refractivity contribution is 0.143. The summed E-state index contributed by atoms with van der Waals surface area (Å²) in [6.45, 7) is 5.38. The normalized spacial score (nSPS) is 10.5. The van der Waals surface area contributed by atoms with Crippen LogP contribution in [0.15, 0.2) is 24.3 Å². The van der Waals surface area contributed by atoms with Crippen LogP contribution in [0, 0.1) is 18.8 Å². The number of aryl methyl sites for hydroxylation is 1. The second-order valence-corrected chi connectivity index (χ2v) is 3.68. The van der Waals surface area contributed by atoms with Crippen molar-refractivity contribution in [3.63, 3.8) is 0 Å². The Kier molecular flexibility index (Phi) is 2.75. The number of hydrogen-bond donors (Lipinski definition) is 1. The first-order valence-electron chi connectivity index (χ1n) is 4.29. The van der Waals surface area contributed by atoms with Crippen molar-refractivity contribution in [2.24, 2.45) is 0 Å². The highest BCUT2D eigenvalue weighted by molar-refractivity contribution is 5.37. The van der Waals surface area contributed by atoms with E-state index in [4.69, 9.17) is 0 Å². The van der Waals surface area contributed by atoms with E-state index in [2.05, 4.69) is 11.8 Å². The molecule has 1 rings (SSSR count). The van der Waals surface area contributed by atoms with Gasteiger partial charge in [0.2, 0.25) is 0 Å². The van der Waals surface area contributed by atoms with Gasteiger partial charge in [-0.2, -0.15) is 0 Å². The van der Waals surface area contributed by atoms with E-state index >= 15 is 0 Å². The smallest absolute Gasteiger partial charge is 0.120 e. The van der Waals surface area contributed by atoms with E-state index in [1.54, 1.807) is 13.8 Å². The summed E-state index contributed by atoms with van der Waals surface area (Å²) in [5, 5.41) is 9.37. The van der Waals surface area contributed by atoms with Crippen molar-refractivity contribution in [3.8, 4) is 11.8 Å². The third-order valence-corrected chi connectivity index (χ3v) is 1.53. The van der Waals surface area contributed by atoms with Crippen LogP contribution in [0.5, 0.6) is 0 Å². The van der Waals surface area contributed by atoms with Gasteiger partial charge in [0.1, 0.15) is 5.60 Å². The molecule has 1 aromatic carbocycles. The molecule has 0 amide bonds. The van der Waals surface area contributed by atoms with Gasteiger partial charge in [0.15, 0.2) is 0 Å². The number of rotatable bonds is 0. The van der Waals surface area contributed by atoms with Gasteiger partial charge in [-0.15, -0.1) is 0 Å². The molecule has 0 bridgehead atoms. The lowest BCUT2D eigenvalue weighted by Crippen LogP contribution is -2.14. The molecule has 0 radical (unpaired) electrons. The third-order valence-electron chi connectivity index (χ3n) is 1.53. The van der Waals surface area contributed by atoms with Crippen molar-refractivity contribution in [2.45, 2.75) is 26.4 Å². The molecule has 0 fully saturated rings. The number of aliphatic hydroxyl groups is 1. The topological polar surface area (TPSA) is 20.2 Å². The number of benzene rings is 1. The van der Waals surface area contributed by atoms with Gasteiger partial charge in [-0.05, 0) is 38.5 Å². The summed E-state index contributed by atoms with van der Waals surface area (Å²) in [5.41, 5.74) is 1.22. The Balaban J connectivity index is 2.90. The molecule has 0 aliphatic heterocycles. The first-order chi connectivity index (χ1) is 5.97. The fraction of sp³-hybridized carbons (Fsp3) is 0.333. The molecule has 0 aromatic heterocycles. The summed E-state index contributed by atoms with van der Waals surface area (Å²) in [5.74, 6) is 5.70. The lowest BCUT2D eigenvalue weighted by Gasteiger charge is -2.05. The standard InChI is InChI=1S/C12H14O/c1-10-5-4-6-11(9-10)7-8-12(2,3)13/h4-6,9,13H,1-3H3. The van der Waals surface area contributed by atoms with E-state index in [0.717, 1.165) is 5.56 Å². The molecule has 0 heterocycles. The van der Waals surface area contributed by atoms with Crippen molar-refractivity contribution < 1.29 is 5.11 Å². The summed E-state index contributed by atoms with van der Waals surface area (Å²) >= 11 is 0. The van der Waals surface area contributed by atoms with Gasteiger partial charge >= 0.3 is 0 Å². The lowest BCUT2D eigenvalue weighted by atomic mass is 10.1. The Morgan fingerprint density at radius 2 is 2.00 bits per heavy atom. The van der Waals surface area contributed by atoms with Crippen LogP contribution in [0.1, 0.15) is 25.0 Å². The summed E-state index contributed by atoms with van der Waals surface area (Å²) < 4.78 is 0. The van der Waals surface area contributed by atoms with Gasteiger partial charge in [-0.25, -0.2) is 0 Å².